The third-order valence-electron chi connectivity index (χ3n) is 6.37. The quantitative estimate of drug-likeness (QED) is 0.483. The van der Waals surface area contributed by atoms with E-state index in [0.717, 1.165) is 12.0 Å². The summed E-state index contributed by atoms with van der Waals surface area (Å²) in [6.45, 7) is -0.0155. The second-order valence-electron chi connectivity index (χ2n) is 8.10. The second kappa shape index (κ2) is 6.24. The fraction of sp³-hybridized carbons (Fsp3) is 0.286. The Labute approximate surface area is 179 Å². The third-order valence-corrected chi connectivity index (χ3v) is 7.27. The Morgan fingerprint density at radius 2 is 1.94 bits per heavy atom. The zero-order valence-electron chi connectivity index (χ0n) is 16.7. The van der Waals surface area contributed by atoms with Gasteiger partial charge in [0.1, 0.15) is 10.2 Å². The SMILES string of the molecule is Cn1c(=O)c2sccc2n2c(CN3C(=O)NC4(CCc5ccccc5C4)C3=O)nnc12. The van der Waals surface area contributed by atoms with Crippen molar-refractivity contribution in [1.82, 2.24) is 29.4 Å². The molecule has 1 saturated heterocycles. The molecular formula is C21H18N6O3S. The number of rotatable bonds is 2. The lowest BCUT2D eigenvalue weighted by Crippen LogP contribution is -2.51. The molecule has 3 aromatic heterocycles. The van der Waals surface area contributed by atoms with Gasteiger partial charge in [0.15, 0.2) is 5.82 Å². The van der Waals surface area contributed by atoms with Crippen molar-refractivity contribution in [2.45, 2.75) is 31.3 Å². The van der Waals surface area contributed by atoms with Crippen molar-refractivity contribution in [1.29, 1.82) is 0 Å². The number of nitrogens with zero attached hydrogens (tertiary/aromatic N) is 5. The zero-order chi connectivity index (χ0) is 21.3. The van der Waals surface area contributed by atoms with Gasteiger partial charge in [0.25, 0.3) is 11.5 Å². The molecule has 1 aromatic carbocycles. The van der Waals surface area contributed by atoms with Gasteiger partial charge in [-0.1, -0.05) is 24.3 Å². The summed E-state index contributed by atoms with van der Waals surface area (Å²) in [6.07, 6.45) is 1.78. The summed E-state index contributed by atoms with van der Waals surface area (Å²) in [4.78, 5) is 40.0. The Hall–Kier alpha value is -3.53. The molecule has 31 heavy (non-hydrogen) atoms. The van der Waals surface area contributed by atoms with Gasteiger partial charge in [0.05, 0.1) is 12.1 Å². The Morgan fingerprint density at radius 1 is 1.13 bits per heavy atom. The largest absolute Gasteiger partial charge is 0.325 e. The highest BCUT2D eigenvalue weighted by Gasteiger charge is 2.52. The average molecular weight is 434 g/mol. The van der Waals surface area contributed by atoms with E-state index in [9.17, 15) is 14.4 Å². The molecule has 1 fully saturated rings. The number of fused-ring (bicyclic) bond motifs is 4. The molecule has 2 aliphatic rings. The normalized spacial score (nSPS) is 20.7. The van der Waals surface area contributed by atoms with Crippen LogP contribution in [0, 0.1) is 0 Å². The van der Waals surface area contributed by atoms with Crippen LogP contribution in [-0.4, -0.2) is 41.5 Å². The predicted octanol–water partition coefficient (Wildman–Crippen LogP) is 1.62. The van der Waals surface area contributed by atoms with E-state index >= 15 is 0 Å². The summed E-state index contributed by atoms with van der Waals surface area (Å²) >= 11 is 1.34. The van der Waals surface area contributed by atoms with E-state index in [4.69, 9.17) is 0 Å². The maximum Gasteiger partial charge on any atom is 0.325 e. The molecule has 4 aromatic rings. The molecule has 1 aliphatic carbocycles. The van der Waals surface area contributed by atoms with Gasteiger partial charge in [0.2, 0.25) is 5.78 Å². The van der Waals surface area contributed by atoms with E-state index in [-0.39, 0.29) is 18.0 Å². The monoisotopic (exact) mass is 434 g/mol. The van der Waals surface area contributed by atoms with Crippen LogP contribution in [0.1, 0.15) is 23.4 Å². The van der Waals surface area contributed by atoms with Crippen LogP contribution in [0.5, 0.6) is 0 Å². The number of aromatic nitrogens is 4. The Kier molecular flexibility index (Phi) is 3.67. The lowest BCUT2D eigenvalue weighted by atomic mass is 9.78. The summed E-state index contributed by atoms with van der Waals surface area (Å²) in [5, 5.41) is 13.1. The van der Waals surface area contributed by atoms with Gasteiger partial charge in [-0.3, -0.25) is 23.5 Å². The molecule has 0 radical (unpaired) electrons. The van der Waals surface area contributed by atoms with Crippen LogP contribution in [0.2, 0.25) is 0 Å². The Morgan fingerprint density at radius 3 is 2.77 bits per heavy atom. The van der Waals surface area contributed by atoms with Crippen LogP contribution in [0.3, 0.4) is 0 Å². The van der Waals surface area contributed by atoms with Gasteiger partial charge in [-0.25, -0.2) is 4.79 Å². The number of nitrogens with one attached hydrogen (secondary N) is 1. The number of amides is 3. The van der Waals surface area contributed by atoms with Gasteiger partial charge in [-0.05, 0) is 35.4 Å². The number of hydrogen-bond donors (Lipinski definition) is 1. The average Bonchev–Trinajstić information content (AvgIpc) is 3.46. The minimum absolute atomic E-state index is 0.0155. The third kappa shape index (κ3) is 2.45. The molecule has 0 saturated carbocycles. The molecular weight excluding hydrogens is 416 g/mol. The molecule has 3 amide bonds. The first-order valence-electron chi connectivity index (χ1n) is 10.00. The highest BCUT2D eigenvalue weighted by atomic mass is 32.1. The number of carbonyl (C=O) groups excluding carboxylic acids is 2. The molecule has 9 nitrogen and oxygen atoms in total. The molecule has 1 unspecified atom stereocenters. The van der Waals surface area contributed by atoms with Crippen LogP contribution in [0.25, 0.3) is 16.0 Å². The molecule has 1 spiro atoms. The van der Waals surface area contributed by atoms with Crippen LogP contribution in [0.15, 0.2) is 40.5 Å². The minimum Gasteiger partial charge on any atom is -0.323 e. The number of benzene rings is 1. The maximum absolute atomic E-state index is 13.4. The van der Waals surface area contributed by atoms with Crippen LogP contribution in [-0.2, 0) is 31.2 Å². The fourth-order valence-electron chi connectivity index (χ4n) is 4.74. The van der Waals surface area contributed by atoms with Crippen LogP contribution < -0.4 is 10.9 Å². The predicted molar refractivity (Wildman–Crippen MR) is 114 cm³/mol. The smallest absolute Gasteiger partial charge is 0.323 e. The van der Waals surface area contributed by atoms with Gasteiger partial charge >= 0.3 is 6.03 Å². The fourth-order valence-corrected chi connectivity index (χ4v) is 5.59. The van der Waals surface area contributed by atoms with Crippen LogP contribution >= 0.6 is 11.3 Å². The molecule has 0 bridgehead atoms. The van der Waals surface area contributed by atoms with Gasteiger partial charge in [-0.15, -0.1) is 21.5 Å². The van der Waals surface area contributed by atoms with E-state index in [1.807, 2.05) is 29.6 Å². The highest BCUT2D eigenvalue weighted by Crippen LogP contribution is 2.34. The van der Waals surface area contributed by atoms with Crippen molar-refractivity contribution in [2.24, 2.45) is 7.05 Å². The first-order valence-corrected chi connectivity index (χ1v) is 10.9. The van der Waals surface area contributed by atoms with Crippen molar-refractivity contribution < 1.29 is 9.59 Å². The lowest BCUT2D eigenvalue weighted by molar-refractivity contribution is -0.132. The molecule has 1 N–H and O–H groups in total. The number of aryl methyl sites for hydroxylation is 2. The minimum atomic E-state index is -0.920. The van der Waals surface area contributed by atoms with Gasteiger partial charge in [-0.2, -0.15) is 0 Å². The zero-order valence-corrected chi connectivity index (χ0v) is 17.5. The van der Waals surface area contributed by atoms with E-state index in [1.165, 1.54) is 26.4 Å². The van der Waals surface area contributed by atoms with Gasteiger partial charge in [0, 0.05) is 13.5 Å². The van der Waals surface area contributed by atoms with Crippen molar-refractivity contribution in [3.05, 3.63) is 63.0 Å². The van der Waals surface area contributed by atoms with E-state index in [1.54, 1.807) is 11.4 Å². The number of thiophene rings is 1. The molecule has 156 valence electrons. The van der Waals surface area contributed by atoms with Crippen molar-refractivity contribution in [3.8, 4) is 0 Å². The Balaban J connectivity index is 1.39. The summed E-state index contributed by atoms with van der Waals surface area (Å²) in [5.41, 5.74) is 1.92. The first kappa shape index (κ1) is 18.3. The molecule has 10 heteroatoms. The van der Waals surface area contributed by atoms with Crippen molar-refractivity contribution in [2.75, 3.05) is 0 Å². The van der Waals surface area contributed by atoms with E-state index in [2.05, 4.69) is 21.6 Å². The van der Waals surface area contributed by atoms with E-state index in [0.29, 0.717) is 34.7 Å². The number of hydrogen-bond acceptors (Lipinski definition) is 6. The summed E-state index contributed by atoms with van der Waals surface area (Å²) in [7, 11) is 1.64. The molecule has 1 aliphatic heterocycles. The summed E-state index contributed by atoms with van der Waals surface area (Å²) in [5.74, 6) is 0.570. The second-order valence-corrected chi connectivity index (χ2v) is 9.02. The standard InChI is InChI=1S/C21H18N6O3S/c1-25-17(28)16-14(7-9-31-16)27-15(23-24-19(25)27)11-26-18(29)21(22-20(26)30)8-6-12-4-2-3-5-13(12)10-21/h2-5,7,9H,6,8,10-11H2,1H3,(H,22,30). The lowest BCUT2D eigenvalue weighted by Gasteiger charge is -2.32. The number of imide groups is 1. The highest BCUT2D eigenvalue weighted by molar-refractivity contribution is 7.17. The molecule has 1 atom stereocenters. The Bertz CT molecular complexity index is 1470. The van der Waals surface area contributed by atoms with Crippen molar-refractivity contribution in [3.63, 3.8) is 0 Å². The summed E-state index contributed by atoms with van der Waals surface area (Å²) in [6, 6.07) is 9.43. The van der Waals surface area contributed by atoms with Crippen LogP contribution in [0.4, 0.5) is 4.79 Å². The van der Waals surface area contributed by atoms with Gasteiger partial charge < -0.3 is 5.32 Å². The number of carbonyl (C=O) groups is 2. The topological polar surface area (TPSA) is 102 Å². The van der Waals surface area contributed by atoms with E-state index < -0.39 is 11.6 Å². The number of urea groups is 1. The van der Waals surface area contributed by atoms with Crippen molar-refractivity contribution >= 4 is 39.3 Å². The molecule has 4 heterocycles. The first-order chi connectivity index (χ1) is 15.0. The maximum atomic E-state index is 13.4. The summed E-state index contributed by atoms with van der Waals surface area (Å²) < 4.78 is 3.75. The molecule has 6 rings (SSSR count).